The number of ether oxygens (including phenoxy) is 1. The number of benzene rings is 1. The van der Waals surface area contributed by atoms with Crippen LogP contribution in [0.25, 0.3) is 0 Å². The smallest absolute Gasteiger partial charge is 0.319 e. The second-order valence-corrected chi connectivity index (χ2v) is 7.97. The van der Waals surface area contributed by atoms with Crippen molar-refractivity contribution in [3.63, 3.8) is 0 Å². The molecule has 1 aromatic carbocycles. The van der Waals surface area contributed by atoms with Crippen molar-refractivity contribution in [2.24, 2.45) is 5.92 Å². The van der Waals surface area contributed by atoms with Crippen LogP contribution in [0.5, 0.6) is 5.88 Å². The van der Waals surface area contributed by atoms with Gasteiger partial charge in [0.25, 0.3) is 0 Å². The van der Waals surface area contributed by atoms with E-state index in [1.54, 1.807) is 12.3 Å². The maximum absolute atomic E-state index is 12.5. The normalized spacial score (nSPS) is 13.9. The van der Waals surface area contributed by atoms with E-state index >= 15 is 0 Å². The highest BCUT2D eigenvalue weighted by Gasteiger charge is 2.19. The molecule has 1 aliphatic rings. The molecule has 0 bridgehead atoms. The number of aryl methyl sites for hydroxylation is 1. The molecular formula is C23H30N4O3. The third-order valence-electron chi connectivity index (χ3n) is 5.15. The Bertz CT molecular complexity index is 892. The molecule has 0 radical (unpaired) electrons. The van der Waals surface area contributed by atoms with Gasteiger partial charge in [-0.3, -0.25) is 4.79 Å². The van der Waals surface area contributed by atoms with E-state index in [2.05, 4.69) is 20.9 Å². The lowest BCUT2D eigenvalue weighted by Gasteiger charge is -2.16. The van der Waals surface area contributed by atoms with Crippen molar-refractivity contribution >= 4 is 23.3 Å². The molecule has 7 heteroatoms. The quantitative estimate of drug-likeness (QED) is 0.621. The molecule has 0 unspecified atom stereocenters. The number of nitrogens with one attached hydrogen (secondary N) is 3. The molecule has 160 valence electrons. The van der Waals surface area contributed by atoms with E-state index < -0.39 is 0 Å². The number of hydrogen-bond acceptors (Lipinski definition) is 4. The Hall–Kier alpha value is -3.09. The summed E-state index contributed by atoms with van der Waals surface area (Å²) in [6.07, 6.45) is 6.37. The van der Waals surface area contributed by atoms with Crippen LogP contribution in [0, 0.1) is 12.8 Å². The molecule has 1 aliphatic carbocycles. The molecule has 1 saturated carbocycles. The number of aromatic nitrogens is 1. The van der Waals surface area contributed by atoms with Crippen LogP contribution in [0.4, 0.5) is 16.2 Å². The first-order valence-corrected chi connectivity index (χ1v) is 10.5. The van der Waals surface area contributed by atoms with Crippen LogP contribution in [0.2, 0.25) is 0 Å². The summed E-state index contributed by atoms with van der Waals surface area (Å²) >= 11 is 0. The predicted octanol–water partition coefficient (Wildman–Crippen LogP) is 4.63. The van der Waals surface area contributed by atoms with Crippen molar-refractivity contribution in [1.82, 2.24) is 10.3 Å². The summed E-state index contributed by atoms with van der Waals surface area (Å²) in [5.41, 5.74) is 3.03. The molecule has 1 heterocycles. The van der Waals surface area contributed by atoms with Gasteiger partial charge in [-0.05, 0) is 56.4 Å². The zero-order valence-corrected chi connectivity index (χ0v) is 17.8. The van der Waals surface area contributed by atoms with Crippen molar-refractivity contribution < 1.29 is 14.3 Å². The van der Waals surface area contributed by atoms with Crippen molar-refractivity contribution in [3.8, 4) is 5.88 Å². The van der Waals surface area contributed by atoms with E-state index in [-0.39, 0.29) is 24.0 Å². The van der Waals surface area contributed by atoms with Crippen LogP contribution in [0.3, 0.4) is 0 Å². The van der Waals surface area contributed by atoms with Gasteiger partial charge in [0.05, 0.1) is 0 Å². The molecule has 30 heavy (non-hydrogen) atoms. The Kier molecular flexibility index (Phi) is 7.27. The summed E-state index contributed by atoms with van der Waals surface area (Å²) in [6, 6.07) is 8.85. The predicted molar refractivity (Wildman–Crippen MR) is 118 cm³/mol. The fraction of sp³-hybridized carbons (Fsp3) is 0.435. The fourth-order valence-corrected chi connectivity index (χ4v) is 3.29. The minimum Gasteiger partial charge on any atom is -0.474 e. The van der Waals surface area contributed by atoms with E-state index in [1.165, 1.54) is 12.8 Å². The summed E-state index contributed by atoms with van der Waals surface area (Å²) in [4.78, 5) is 28.7. The van der Waals surface area contributed by atoms with E-state index in [0.717, 1.165) is 24.0 Å². The number of anilines is 2. The molecule has 0 atom stereocenters. The van der Waals surface area contributed by atoms with Crippen LogP contribution in [-0.2, 0) is 11.3 Å². The van der Waals surface area contributed by atoms with Gasteiger partial charge in [0, 0.05) is 35.6 Å². The standard InChI is InChI=1S/C23H30N4O3/c1-15(2)21(28)26-18-11-10-16(3)20(13-18)27-23(29)25-14-17-7-6-12-24-22(17)30-19-8-4-5-9-19/h6-7,10-13,15,19H,4-5,8-9,14H2,1-3H3,(H,26,28)(H2,25,27,29). The molecule has 0 spiro atoms. The first-order chi connectivity index (χ1) is 14.4. The third kappa shape index (κ3) is 5.95. The minimum atomic E-state index is -0.332. The maximum Gasteiger partial charge on any atom is 0.319 e. The van der Waals surface area contributed by atoms with Crippen molar-refractivity contribution in [1.29, 1.82) is 0 Å². The van der Waals surface area contributed by atoms with Gasteiger partial charge in [-0.15, -0.1) is 0 Å². The number of urea groups is 1. The highest BCUT2D eigenvalue weighted by molar-refractivity contribution is 5.94. The second kappa shape index (κ2) is 10.1. The lowest BCUT2D eigenvalue weighted by atomic mass is 10.1. The molecule has 0 saturated heterocycles. The summed E-state index contributed by atoms with van der Waals surface area (Å²) in [7, 11) is 0. The van der Waals surface area contributed by atoms with Gasteiger partial charge in [0.1, 0.15) is 6.10 Å². The lowest BCUT2D eigenvalue weighted by molar-refractivity contribution is -0.118. The number of nitrogens with zero attached hydrogens (tertiary/aromatic N) is 1. The summed E-state index contributed by atoms with van der Waals surface area (Å²) in [6.45, 7) is 5.88. The molecular weight excluding hydrogens is 380 g/mol. The van der Waals surface area contributed by atoms with Crippen LogP contribution in [0.1, 0.15) is 50.7 Å². The molecule has 7 nitrogen and oxygen atoms in total. The SMILES string of the molecule is Cc1ccc(NC(=O)C(C)C)cc1NC(=O)NCc1cccnc1OC1CCCC1. The zero-order valence-electron chi connectivity index (χ0n) is 17.8. The van der Waals surface area contributed by atoms with Crippen LogP contribution < -0.4 is 20.7 Å². The molecule has 1 aromatic heterocycles. The molecule has 3 amide bonds. The summed E-state index contributed by atoms with van der Waals surface area (Å²) in [5, 5.41) is 8.56. The number of rotatable bonds is 7. The van der Waals surface area contributed by atoms with Crippen molar-refractivity contribution in [2.45, 2.75) is 59.1 Å². The largest absolute Gasteiger partial charge is 0.474 e. The van der Waals surface area contributed by atoms with Crippen LogP contribution >= 0.6 is 0 Å². The van der Waals surface area contributed by atoms with Gasteiger partial charge in [-0.2, -0.15) is 0 Å². The van der Waals surface area contributed by atoms with E-state index in [1.807, 2.05) is 45.0 Å². The highest BCUT2D eigenvalue weighted by atomic mass is 16.5. The van der Waals surface area contributed by atoms with Crippen LogP contribution in [-0.4, -0.2) is 23.0 Å². The summed E-state index contributed by atoms with van der Waals surface area (Å²) in [5.74, 6) is 0.394. The van der Waals surface area contributed by atoms with E-state index in [9.17, 15) is 9.59 Å². The number of carbonyl (C=O) groups excluding carboxylic acids is 2. The topological polar surface area (TPSA) is 92.4 Å². The molecule has 3 rings (SSSR count). The van der Waals surface area contributed by atoms with Crippen molar-refractivity contribution in [2.75, 3.05) is 10.6 Å². The Balaban J connectivity index is 1.59. The minimum absolute atomic E-state index is 0.0689. The van der Waals surface area contributed by atoms with Crippen molar-refractivity contribution in [3.05, 3.63) is 47.7 Å². The first-order valence-electron chi connectivity index (χ1n) is 10.5. The van der Waals surface area contributed by atoms with Gasteiger partial charge < -0.3 is 20.7 Å². The fourth-order valence-electron chi connectivity index (χ4n) is 3.29. The molecule has 3 N–H and O–H groups in total. The van der Waals surface area contributed by atoms with E-state index in [0.29, 0.717) is 23.8 Å². The average Bonchev–Trinajstić information content (AvgIpc) is 3.23. The van der Waals surface area contributed by atoms with Gasteiger partial charge >= 0.3 is 6.03 Å². The highest BCUT2D eigenvalue weighted by Crippen LogP contribution is 2.25. The Morgan fingerprint density at radius 3 is 2.67 bits per heavy atom. The Labute approximate surface area is 177 Å². The zero-order chi connectivity index (χ0) is 21.5. The Morgan fingerprint density at radius 2 is 1.93 bits per heavy atom. The molecule has 2 aromatic rings. The van der Waals surface area contributed by atoms with Gasteiger partial charge in [-0.25, -0.2) is 9.78 Å². The summed E-state index contributed by atoms with van der Waals surface area (Å²) < 4.78 is 6.03. The maximum atomic E-state index is 12.5. The average molecular weight is 411 g/mol. The Morgan fingerprint density at radius 1 is 1.17 bits per heavy atom. The van der Waals surface area contributed by atoms with Gasteiger partial charge in [-0.1, -0.05) is 26.0 Å². The van der Waals surface area contributed by atoms with Crippen LogP contribution in [0.15, 0.2) is 36.5 Å². The number of carbonyl (C=O) groups is 2. The monoisotopic (exact) mass is 410 g/mol. The third-order valence-corrected chi connectivity index (χ3v) is 5.15. The number of hydrogen-bond donors (Lipinski definition) is 3. The number of amides is 3. The first kappa shape index (κ1) is 21.6. The molecule has 0 aliphatic heterocycles. The van der Waals surface area contributed by atoms with Gasteiger partial charge in [0.2, 0.25) is 11.8 Å². The molecule has 1 fully saturated rings. The second-order valence-electron chi connectivity index (χ2n) is 7.97. The van der Waals surface area contributed by atoms with E-state index in [4.69, 9.17) is 4.74 Å². The number of pyridine rings is 1. The van der Waals surface area contributed by atoms with Gasteiger partial charge in [0.15, 0.2) is 0 Å². The lowest BCUT2D eigenvalue weighted by Crippen LogP contribution is -2.29.